The van der Waals surface area contributed by atoms with Crippen molar-refractivity contribution in [1.82, 2.24) is 5.32 Å². The fraction of sp³-hybridized carbons (Fsp3) is 0.286. The molecule has 0 saturated carbocycles. The van der Waals surface area contributed by atoms with Crippen molar-refractivity contribution in [3.05, 3.63) is 95.6 Å². The van der Waals surface area contributed by atoms with Gasteiger partial charge in [0.05, 0.1) is 0 Å². The second-order valence-electron chi connectivity index (χ2n) is 8.59. The van der Waals surface area contributed by atoms with Crippen molar-refractivity contribution >= 4 is 11.9 Å². The molecule has 3 rings (SSSR count). The number of aliphatic carboxylic acids is 1. The lowest BCUT2D eigenvalue weighted by atomic mass is 10.0. The largest absolute Gasteiger partial charge is 0.485 e. The van der Waals surface area contributed by atoms with Crippen LogP contribution in [0.15, 0.2) is 78.9 Å². The number of carbonyl (C=O) groups is 2. The average molecular weight is 462 g/mol. The standard InChI is InChI=1S/C28H31NO5/c1-20(2)15-27(30)29-24(28(31)32)16-23-13-14-25(33-18-21-9-5-3-6-10-21)26(17-23)34-19-22-11-7-4-8-12-22/h3-14,17,20,24H,15-16,18-19H2,1-2H3,(H,29,30)(H,31,32)/t24-/m0/s1. The molecule has 1 atom stereocenters. The summed E-state index contributed by atoms with van der Waals surface area (Å²) in [4.78, 5) is 23.9. The molecule has 0 aromatic heterocycles. The Hall–Kier alpha value is -3.80. The predicted molar refractivity (Wildman–Crippen MR) is 131 cm³/mol. The molecule has 6 heteroatoms. The van der Waals surface area contributed by atoms with Crippen molar-refractivity contribution in [3.63, 3.8) is 0 Å². The summed E-state index contributed by atoms with van der Waals surface area (Å²) in [6, 6.07) is 23.9. The van der Waals surface area contributed by atoms with Crippen LogP contribution in [0.1, 0.15) is 37.0 Å². The Kier molecular flexibility index (Phi) is 9.09. The van der Waals surface area contributed by atoms with Gasteiger partial charge in [0.2, 0.25) is 5.91 Å². The van der Waals surface area contributed by atoms with Crippen molar-refractivity contribution in [2.75, 3.05) is 0 Å². The molecule has 0 heterocycles. The maximum atomic E-state index is 12.1. The fourth-order valence-corrected chi connectivity index (χ4v) is 3.44. The zero-order valence-electron chi connectivity index (χ0n) is 19.6. The second kappa shape index (κ2) is 12.4. The summed E-state index contributed by atoms with van der Waals surface area (Å²) in [5.74, 6) is -0.110. The van der Waals surface area contributed by atoms with E-state index in [1.54, 1.807) is 18.2 Å². The van der Waals surface area contributed by atoms with E-state index in [0.717, 1.165) is 16.7 Å². The molecule has 0 spiro atoms. The van der Waals surface area contributed by atoms with Gasteiger partial charge in [-0.2, -0.15) is 0 Å². The minimum absolute atomic E-state index is 0.139. The molecule has 0 radical (unpaired) electrons. The van der Waals surface area contributed by atoms with E-state index in [4.69, 9.17) is 9.47 Å². The van der Waals surface area contributed by atoms with Gasteiger partial charge in [-0.05, 0) is 34.7 Å². The first-order valence-corrected chi connectivity index (χ1v) is 11.4. The molecule has 0 bridgehead atoms. The van der Waals surface area contributed by atoms with E-state index in [1.807, 2.05) is 74.5 Å². The molecule has 3 aromatic rings. The maximum Gasteiger partial charge on any atom is 0.326 e. The Morgan fingerprint density at radius 3 is 1.88 bits per heavy atom. The third-order valence-corrected chi connectivity index (χ3v) is 5.15. The predicted octanol–water partition coefficient (Wildman–Crippen LogP) is 5.00. The highest BCUT2D eigenvalue weighted by atomic mass is 16.5. The zero-order valence-corrected chi connectivity index (χ0v) is 19.6. The molecular weight excluding hydrogens is 430 g/mol. The van der Waals surface area contributed by atoms with Gasteiger partial charge in [-0.3, -0.25) is 4.79 Å². The first kappa shape index (κ1) is 24.8. The van der Waals surface area contributed by atoms with Gasteiger partial charge in [0.15, 0.2) is 11.5 Å². The van der Waals surface area contributed by atoms with Crippen LogP contribution in [-0.2, 0) is 29.2 Å². The molecule has 0 aliphatic heterocycles. The number of ether oxygens (including phenoxy) is 2. The topological polar surface area (TPSA) is 84.9 Å². The lowest BCUT2D eigenvalue weighted by Gasteiger charge is -2.18. The Bertz CT molecular complexity index is 1070. The molecule has 34 heavy (non-hydrogen) atoms. The molecule has 178 valence electrons. The van der Waals surface area contributed by atoms with E-state index in [0.29, 0.717) is 24.7 Å². The first-order valence-electron chi connectivity index (χ1n) is 11.4. The van der Waals surface area contributed by atoms with Gasteiger partial charge < -0.3 is 19.9 Å². The fourth-order valence-electron chi connectivity index (χ4n) is 3.44. The van der Waals surface area contributed by atoms with Gasteiger partial charge in [-0.1, -0.05) is 80.6 Å². The lowest BCUT2D eigenvalue weighted by Crippen LogP contribution is -2.42. The molecule has 3 aromatic carbocycles. The number of carbonyl (C=O) groups excluding carboxylic acids is 1. The van der Waals surface area contributed by atoms with Crippen LogP contribution in [0.4, 0.5) is 0 Å². The van der Waals surface area contributed by atoms with Crippen molar-refractivity contribution in [2.24, 2.45) is 5.92 Å². The summed E-state index contributed by atoms with van der Waals surface area (Å²) in [6.07, 6.45) is 0.418. The number of amides is 1. The summed E-state index contributed by atoms with van der Waals surface area (Å²) in [7, 11) is 0. The molecule has 2 N–H and O–H groups in total. The first-order chi connectivity index (χ1) is 16.4. The van der Waals surface area contributed by atoms with Crippen molar-refractivity contribution < 1.29 is 24.2 Å². The van der Waals surface area contributed by atoms with E-state index in [1.165, 1.54) is 0 Å². The Morgan fingerprint density at radius 1 is 0.794 bits per heavy atom. The third-order valence-electron chi connectivity index (χ3n) is 5.15. The van der Waals surface area contributed by atoms with E-state index in [-0.39, 0.29) is 24.7 Å². The normalized spacial score (nSPS) is 11.6. The highest BCUT2D eigenvalue weighted by Gasteiger charge is 2.21. The minimum Gasteiger partial charge on any atom is -0.485 e. The quantitative estimate of drug-likeness (QED) is 0.396. The molecule has 6 nitrogen and oxygen atoms in total. The number of carboxylic acids is 1. The van der Waals surface area contributed by atoms with E-state index in [2.05, 4.69) is 5.32 Å². The monoisotopic (exact) mass is 461 g/mol. The lowest BCUT2D eigenvalue weighted by molar-refractivity contribution is -0.141. The van der Waals surface area contributed by atoms with Gasteiger partial charge in [-0.15, -0.1) is 0 Å². The molecule has 0 fully saturated rings. The van der Waals surface area contributed by atoms with Crippen LogP contribution in [0.5, 0.6) is 11.5 Å². The second-order valence-corrected chi connectivity index (χ2v) is 8.59. The molecular formula is C28H31NO5. The van der Waals surface area contributed by atoms with Crippen molar-refractivity contribution in [3.8, 4) is 11.5 Å². The number of hydrogen-bond acceptors (Lipinski definition) is 4. The van der Waals surface area contributed by atoms with Gasteiger partial charge >= 0.3 is 5.97 Å². The van der Waals surface area contributed by atoms with Gasteiger partial charge in [0, 0.05) is 12.8 Å². The van der Waals surface area contributed by atoms with E-state index >= 15 is 0 Å². The van der Waals surface area contributed by atoms with E-state index < -0.39 is 12.0 Å². The smallest absolute Gasteiger partial charge is 0.326 e. The van der Waals surface area contributed by atoms with Gasteiger partial charge in [-0.25, -0.2) is 4.79 Å². The Morgan fingerprint density at radius 2 is 1.35 bits per heavy atom. The summed E-state index contributed by atoms with van der Waals surface area (Å²) in [6.45, 7) is 4.56. The highest BCUT2D eigenvalue weighted by Crippen LogP contribution is 2.30. The number of benzene rings is 3. The van der Waals surface area contributed by atoms with Gasteiger partial charge in [0.1, 0.15) is 19.3 Å². The molecule has 0 aliphatic carbocycles. The maximum absolute atomic E-state index is 12.1. The molecule has 0 aliphatic rings. The Balaban J connectivity index is 1.77. The average Bonchev–Trinajstić information content (AvgIpc) is 2.82. The summed E-state index contributed by atoms with van der Waals surface area (Å²) in [5, 5.41) is 12.3. The number of rotatable bonds is 12. The summed E-state index contributed by atoms with van der Waals surface area (Å²) in [5.41, 5.74) is 2.76. The van der Waals surface area contributed by atoms with Crippen LogP contribution in [-0.4, -0.2) is 23.0 Å². The minimum atomic E-state index is -1.08. The summed E-state index contributed by atoms with van der Waals surface area (Å²) < 4.78 is 12.1. The highest BCUT2D eigenvalue weighted by molar-refractivity contribution is 5.83. The summed E-state index contributed by atoms with van der Waals surface area (Å²) >= 11 is 0. The molecule has 0 saturated heterocycles. The molecule has 0 unspecified atom stereocenters. The molecule has 1 amide bonds. The van der Waals surface area contributed by atoms with Crippen LogP contribution >= 0.6 is 0 Å². The van der Waals surface area contributed by atoms with Crippen molar-refractivity contribution in [1.29, 1.82) is 0 Å². The Labute approximate surface area is 200 Å². The third kappa shape index (κ3) is 7.96. The number of hydrogen-bond donors (Lipinski definition) is 2. The van der Waals surface area contributed by atoms with E-state index in [9.17, 15) is 14.7 Å². The van der Waals surface area contributed by atoms with Crippen LogP contribution < -0.4 is 14.8 Å². The number of nitrogens with one attached hydrogen (secondary N) is 1. The van der Waals surface area contributed by atoms with Crippen LogP contribution in [0.25, 0.3) is 0 Å². The zero-order chi connectivity index (χ0) is 24.3. The van der Waals surface area contributed by atoms with Crippen LogP contribution in [0.3, 0.4) is 0 Å². The van der Waals surface area contributed by atoms with Crippen LogP contribution in [0, 0.1) is 5.92 Å². The van der Waals surface area contributed by atoms with Crippen molar-refractivity contribution in [2.45, 2.75) is 45.9 Å². The number of carboxylic acid groups (broad SMARTS) is 1. The SMILES string of the molecule is CC(C)CC(=O)N[C@@H](Cc1ccc(OCc2ccccc2)c(OCc2ccccc2)c1)C(=O)O. The van der Waals surface area contributed by atoms with Gasteiger partial charge in [0.25, 0.3) is 0 Å². The van der Waals surface area contributed by atoms with Crippen LogP contribution in [0.2, 0.25) is 0 Å².